The van der Waals surface area contributed by atoms with E-state index in [1.165, 1.54) is 6.20 Å². The fraction of sp³-hybridized carbons (Fsp3) is 0.227. The van der Waals surface area contributed by atoms with Gasteiger partial charge in [-0.3, -0.25) is 15.7 Å². The van der Waals surface area contributed by atoms with E-state index in [0.717, 1.165) is 23.1 Å². The lowest BCUT2D eigenvalue weighted by Crippen LogP contribution is -2.55. The smallest absolute Gasteiger partial charge is 0.160 e. The van der Waals surface area contributed by atoms with Crippen LogP contribution in [-0.2, 0) is 0 Å². The van der Waals surface area contributed by atoms with Crippen molar-refractivity contribution in [2.75, 3.05) is 10.2 Å². The molecule has 6 nitrogen and oxygen atoms in total. The minimum absolute atomic E-state index is 0.0340. The Hall–Kier alpha value is -3.80. The molecule has 4 N–H and O–H groups in total. The van der Waals surface area contributed by atoms with E-state index >= 15 is 8.78 Å². The molecule has 0 unspecified atom stereocenters. The van der Waals surface area contributed by atoms with Gasteiger partial charge in [0.05, 0.1) is 27.9 Å². The summed E-state index contributed by atoms with van der Waals surface area (Å²) in [6, 6.07) is 5.13. The molecule has 0 atom stereocenters. The molecular weight excluding hydrogens is 405 g/mol. The summed E-state index contributed by atoms with van der Waals surface area (Å²) in [4.78, 5) is 3.95. The highest BCUT2D eigenvalue weighted by molar-refractivity contribution is 6.24. The van der Waals surface area contributed by atoms with Gasteiger partial charge < -0.3 is 10.3 Å². The number of anilines is 2. The fourth-order valence-corrected chi connectivity index (χ4v) is 3.87. The predicted molar refractivity (Wildman–Crippen MR) is 114 cm³/mol. The number of fused-ring (bicyclic) bond motifs is 2. The molecule has 1 aliphatic heterocycles. The zero-order valence-electron chi connectivity index (χ0n) is 17.0. The average molecular weight is 424 g/mol. The molecule has 1 aliphatic rings. The van der Waals surface area contributed by atoms with E-state index in [9.17, 15) is 9.65 Å². The number of H-pyrrole nitrogens is 1. The molecular formula is C22H19F3N6. The van der Waals surface area contributed by atoms with Gasteiger partial charge in [0.15, 0.2) is 5.82 Å². The fourth-order valence-electron chi connectivity index (χ4n) is 3.87. The van der Waals surface area contributed by atoms with Crippen molar-refractivity contribution >= 4 is 33.9 Å². The van der Waals surface area contributed by atoms with Crippen LogP contribution in [0.2, 0.25) is 0 Å². The molecule has 0 amide bonds. The quantitative estimate of drug-likeness (QED) is 0.323. The summed E-state index contributed by atoms with van der Waals surface area (Å²) in [5.74, 6) is -2.81. The van der Waals surface area contributed by atoms with E-state index in [2.05, 4.69) is 10.3 Å². The summed E-state index contributed by atoms with van der Waals surface area (Å²) in [6.45, 7) is 5.05. The van der Waals surface area contributed by atoms with Crippen molar-refractivity contribution in [1.29, 1.82) is 16.1 Å². The van der Waals surface area contributed by atoms with Gasteiger partial charge in [0.25, 0.3) is 0 Å². The van der Waals surface area contributed by atoms with Crippen molar-refractivity contribution < 1.29 is 13.2 Å². The number of nitrogens with zero attached hydrogens (tertiary/aromatic N) is 2. The van der Waals surface area contributed by atoms with Crippen molar-refractivity contribution in [1.82, 2.24) is 4.98 Å². The van der Waals surface area contributed by atoms with Gasteiger partial charge in [-0.1, -0.05) is 6.92 Å². The first-order valence-electron chi connectivity index (χ1n) is 9.58. The van der Waals surface area contributed by atoms with Crippen LogP contribution < -0.4 is 10.2 Å². The molecule has 0 saturated heterocycles. The number of aromatic amines is 1. The second kappa shape index (κ2) is 6.87. The van der Waals surface area contributed by atoms with Gasteiger partial charge in [-0.05, 0) is 26.0 Å². The summed E-state index contributed by atoms with van der Waals surface area (Å²) in [6.07, 6.45) is 1.57. The monoisotopic (exact) mass is 424 g/mol. The van der Waals surface area contributed by atoms with Gasteiger partial charge in [-0.15, -0.1) is 0 Å². The molecule has 0 aliphatic carbocycles. The Labute approximate surface area is 176 Å². The number of nitrogens with one attached hydrogen (secondary N) is 4. The third-order valence-electron chi connectivity index (χ3n) is 5.43. The van der Waals surface area contributed by atoms with Crippen molar-refractivity contribution in [3.8, 4) is 17.2 Å². The van der Waals surface area contributed by atoms with Crippen LogP contribution in [0.1, 0.15) is 32.8 Å². The summed E-state index contributed by atoms with van der Waals surface area (Å²) >= 11 is 0. The summed E-state index contributed by atoms with van der Waals surface area (Å²) in [7, 11) is 0. The van der Waals surface area contributed by atoms with Crippen LogP contribution >= 0.6 is 0 Å². The Morgan fingerprint density at radius 3 is 2.58 bits per heavy atom. The molecule has 1 aromatic heterocycles. The molecule has 4 rings (SSSR count). The standard InChI is InChI=1S/C22H19F3N6/c1-4-16(27)31-20-15(30-22(2,3)21(31)28)7-14(24)17(18(20)25)13-6-11(23)5-12-10(8-26)9-29-19(12)13/h5-7,9,27-30H,4H2,1-3H3. The molecule has 0 bridgehead atoms. The van der Waals surface area contributed by atoms with Gasteiger partial charge in [-0.25, -0.2) is 13.2 Å². The molecule has 0 radical (unpaired) electrons. The molecule has 158 valence electrons. The third-order valence-corrected chi connectivity index (χ3v) is 5.43. The van der Waals surface area contributed by atoms with Gasteiger partial charge in [0.1, 0.15) is 35.1 Å². The van der Waals surface area contributed by atoms with Gasteiger partial charge >= 0.3 is 0 Å². The first-order chi connectivity index (χ1) is 14.6. The minimum Gasteiger partial charge on any atom is -0.371 e. The Morgan fingerprint density at radius 2 is 1.94 bits per heavy atom. The van der Waals surface area contributed by atoms with E-state index in [1.807, 2.05) is 6.07 Å². The lowest BCUT2D eigenvalue weighted by atomic mass is 9.93. The average Bonchev–Trinajstić information content (AvgIpc) is 3.11. The van der Waals surface area contributed by atoms with E-state index in [4.69, 9.17) is 10.8 Å². The predicted octanol–water partition coefficient (Wildman–Crippen LogP) is 5.50. The molecule has 0 saturated carbocycles. The first-order valence-corrected chi connectivity index (χ1v) is 9.58. The Balaban J connectivity index is 2.07. The van der Waals surface area contributed by atoms with E-state index in [1.54, 1.807) is 20.8 Å². The van der Waals surface area contributed by atoms with E-state index in [-0.39, 0.29) is 51.5 Å². The van der Waals surface area contributed by atoms with Crippen LogP contribution in [0.15, 0.2) is 24.4 Å². The van der Waals surface area contributed by atoms with Crippen LogP contribution in [0.3, 0.4) is 0 Å². The van der Waals surface area contributed by atoms with Crippen molar-refractivity contribution in [2.45, 2.75) is 32.7 Å². The summed E-state index contributed by atoms with van der Waals surface area (Å²) < 4.78 is 45.5. The van der Waals surface area contributed by atoms with Gasteiger partial charge in [0.2, 0.25) is 0 Å². The number of nitriles is 1. The minimum atomic E-state index is -1.03. The maximum Gasteiger partial charge on any atom is 0.160 e. The molecule has 9 heteroatoms. The number of hydrogen-bond acceptors (Lipinski definition) is 4. The Morgan fingerprint density at radius 1 is 1.23 bits per heavy atom. The topological polar surface area (TPSA) is 103 Å². The second-order valence-corrected chi connectivity index (χ2v) is 7.87. The van der Waals surface area contributed by atoms with Crippen molar-refractivity contribution in [3.63, 3.8) is 0 Å². The van der Waals surface area contributed by atoms with Gasteiger partial charge in [0, 0.05) is 29.6 Å². The number of amidine groups is 2. The summed E-state index contributed by atoms with van der Waals surface area (Å²) in [5.41, 5.74) is -1.28. The van der Waals surface area contributed by atoms with Crippen LogP contribution in [0.4, 0.5) is 24.5 Å². The molecule has 31 heavy (non-hydrogen) atoms. The number of halogens is 3. The zero-order valence-corrected chi connectivity index (χ0v) is 17.0. The second-order valence-electron chi connectivity index (χ2n) is 7.87. The number of hydrogen-bond donors (Lipinski definition) is 4. The zero-order chi connectivity index (χ0) is 22.7. The first kappa shape index (κ1) is 20.5. The lowest BCUT2D eigenvalue weighted by Gasteiger charge is -2.42. The SMILES string of the molecule is CCC(=N)N1C(=N)C(C)(C)Nc2cc(F)c(-c3cc(F)cc4c(C#N)c[nH]c34)c(F)c21. The van der Waals surface area contributed by atoms with Crippen LogP contribution in [0.5, 0.6) is 0 Å². The van der Waals surface area contributed by atoms with Crippen LogP contribution in [0, 0.1) is 39.6 Å². The van der Waals surface area contributed by atoms with Crippen molar-refractivity contribution in [3.05, 3.63) is 47.4 Å². The Bertz CT molecular complexity index is 1320. The highest BCUT2D eigenvalue weighted by Crippen LogP contribution is 2.44. The summed E-state index contributed by atoms with van der Waals surface area (Å²) in [5, 5.41) is 29.2. The van der Waals surface area contributed by atoms with Gasteiger partial charge in [-0.2, -0.15) is 5.26 Å². The number of rotatable bonds is 2. The largest absolute Gasteiger partial charge is 0.371 e. The Kier molecular flexibility index (Phi) is 4.54. The molecule has 2 aromatic carbocycles. The molecule has 3 aromatic rings. The van der Waals surface area contributed by atoms with E-state index in [0.29, 0.717) is 0 Å². The van der Waals surface area contributed by atoms with Crippen LogP contribution in [0.25, 0.3) is 22.0 Å². The normalized spacial score (nSPS) is 14.9. The van der Waals surface area contributed by atoms with Crippen molar-refractivity contribution in [2.24, 2.45) is 0 Å². The maximum atomic E-state index is 15.9. The maximum absolute atomic E-state index is 15.9. The number of aromatic nitrogens is 1. The number of benzene rings is 2. The molecule has 2 heterocycles. The lowest BCUT2D eigenvalue weighted by molar-refractivity contribution is 0.587. The highest BCUT2D eigenvalue weighted by atomic mass is 19.1. The van der Waals surface area contributed by atoms with Crippen LogP contribution in [-0.4, -0.2) is 22.2 Å². The third kappa shape index (κ3) is 2.94. The van der Waals surface area contributed by atoms with E-state index < -0.39 is 28.6 Å². The molecule has 0 fully saturated rings. The highest BCUT2D eigenvalue weighted by Gasteiger charge is 2.40. The molecule has 0 spiro atoms.